The highest BCUT2D eigenvalue weighted by Gasteiger charge is 2.42. The Balaban J connectivity index is 1.01. The molecule has 0 unspecified atom stereocenters. The number of likely N-dealkylation sites (tertiary alicyclic amines) is 2. The van der Waals surface area contributed by atoms with Gasteiger partial charge in [0.25, 0.3) is 11.8 Å². The molecule has 4 aliphatic rings. The minimum atomic E-state index is -0.885. The molecule has 8 rings (SSSR count). The van der Waals surface area contributed by atoms with Gasteiger partial charge >= 0.3 is 6.09 Å². The van der Waals surface area contributed by atoms with Gasteiger partial charge < -0.3 is 40.3 Å². The summed E-state index contributed by atoms with van der Waals surface area (Å²) in [5, 5.41) is 10.9. The smallest absolute Gasteiger partial charge is 0.410 e. The first-order valence-corrected chi connectivity index (χ1v) is 30.9. The molecular formula is C67H92N8O8. The quantitative estimate of drug-likeness (QED) is 0.0692. The van der Waals surface area contributed by atoms with Gasteiger partial charge in [0.2, 0.25) is 23.6 Å². The van der Waals surface area contributed by atoms with E-state index in [4.69, 9.17) is 4.74 Å². The summed E-state index contributed by atoms with van der Waals surface area (Å²) in [7, 11) is 3.28. The van der Waals surface area contributed by atoms with Crippen molar-refractivity contribution in [3.63, 3.8) is 0 Å². The number of carbonyl (C=O) groups excluding carboxylic acids is 7. The number of nitrogens with zero attached hydrogens (tertiary/aromatic N) is 5. The number of nitrogens with one attached hydrogen (secondary N) is 3. The van der Waals surface area contributed by atoms with E-state index in [1.165, 1.54) is 11.9 Å². The standard InChI is InChI=1S/C67H92N8O8/c1-46(68-6)60(76)69-58(50-26-16-10-17-27-50)64(80)74-38-20-30-56(74)44-72(40-36-48-22-12-8-13-23-48)62(78)54-34-32-53-43-55(35-33-52(53)42-54)63(79)73(41-37-49-24-14-9-15-25-49)45-57-31-21-39-75(57)65(81)59(51-28-18-11-19-29-51)70-61(77)47(2)71(7)66(82)83-67(3,4)5/h8-9,12-15,22-25,32-35,42-43,46-47,50-51,56-59,68H,10-11,16-21,26-31,36-41,44-45H2,1-7H3,(H,69,76)(H,70,77)/t46-,47-,56-,57-,58-,59-/m0/s1. The van der Waals surface area contributed by atoms with Crippen LogP contribution in [0.2, 0.25) is 0 Å². The van der Waals surface area contributed by atoms with Gasteiger partial charge in [0.05, 0.1) is 6.04 Å². The van der Waals surface area contributed by atoms with Crippen LogP contribution in [-0.2, 0) is 36.8 Å². The summed E-state index contributed by atoms with van der Waals surface area (Å²) in [6.07, 6.45) is 13.2. The van der Waals surface area contributed by atoms with Gasteiger partial charge in [-0.2, -0.15) is 0 Å². The first kappa shape index (κ1) is 62.2. The van der Waals surface area contributed by atoms with Crippen LogP contribution in [0.3, 0.4) is 0 Å². The van der Waals surface area contributed by atoms with Crippen molar-refractivity contribution in [1.29, 1.82) is 0 Å². The predicted molar refractivity (Wildman–Crippen MR) is 325 cm³/mol. The van der Waals surface area contributed by atoms with Crippen LogP contribution < -0.4 is 16.0 Å². The number of amides is 7. The zero-order valence-corrected chi connectivity index (χ0v) is 50.4. The second-order valence-electron chi connectivity index (χ2n) is 25.0. The number of carbonyl (C=O) groups is 7. The highest BCUT2D eigenvalue weighted by Crippen LogP contribution is 2.33. The summed E-state index contributed by atoms with van der Waals surface area (Å²) in [4.78, 5) is 109. The summed E-state index contributed by atoms with van der Waals surface area (Å²) in [6, 6.07) is 28.2. The zero-order valence-electron chi connectivity index (χ0n) is 50.4. The number of hydrogen-bond donors (Lipinski definition) is 3. The molecule has 2 aliphatic carbocycles. The molecule has 4 aromatic carbocycles. The van der Waals surface area contributed by atoms with Crippen LogP contribution in [0.4, 0.5) is 4.79 Å². The molecule has 0 aromatic heterocycles. The Morgan fingerprint density at radius 3 is 1.40 bits per heavy atom. The lowest BCUT2D eigenvalue weighted by molar-refractivity contribution is -0.140. The third kappa shape index (κ3) is 16.5. The highest BCUT2D eigenvalue weighted by atomic mass is 16.6. The Hall–Kier alpha value is -6.81. The van der Waals surface area contributed by atoms with Gasteiger partial charge in [0.1, 0.15) is 23.7 Å². The minimum Gasteiger partial charge on any atom is -0.444 e. The summed E-state index contributed by atoms with van der Waals surface area (Å²) in [5.41, 5.74) is 2.45. The SMILES string of the molecule is CN[C@@H](C)C(=O)N[C@H](C(=O)N1CCC[C@H]1CN(CCc1ccccc1)C(=O)c1ccc2cc(C(=O)N(CCc3ccccc3)C[C@@H]3CCCN3C(=O)[C@@H](NC(=O)[C@H](C)N(C)C(=O)OC(C)(C)C)C3CCCCC3)ccc2c1)C1CCCCC1. The normalized spacial score (nSPS) is 19.3. The Labute approximate surface area is 492 Å². The third-order valence-electron chi connectivity index (χ3n) is 18.0. The fourth-order valence-corrected chi connectivity index (χ4v) is 12.8. The van der Waals surface area contributed by atoms with Crippen LogP contribution >= 0.6 is 0 Å². The molecule has 2 heterocycles. The molecule has 7 amide bonds. The van der Waals surface area contributed by atoms with Gasteiger partial charge in [0.15, 0.2) is 0 Å². The molecule has 2 aliphatic heterocycles. The van der Waals surface area contributed by atoms with E-state index in [9.17, 15) is 28.8 Å². The van der Waals surface area contributed by atoms with Crippen molar-refractivity contribution in [3.8, 4) is 0 Å². The van der Waals surface area contributed by atoms with E-state index in [0.717, 1.165) is 105 Å². The maximum atomic E-state index is 15.0. The molecule has 0 spiro atoms. The topological polar surface area (TPSA) is 181 Å². The van der Waals surface area contributed by atoms with E-state index in [-0.39, 0.29) is 53.5 Å². The summed E-state index contributed by atoms with van der Waals surface area (Å²) in [6.45, 7) is 11.4. The van der Waals surface area contributed by atoms with Crippen LogP contribution in [0.25, 0.3) is 10.8 Å². The zero-order chi connectivity index (χ0) is 59.2. The molecule has 0 bridgehead atoms. The van der Waals surface area contributed by atoms with Crippen molar-refractivity contribution in [2.75, 3.05) is 53.4 Å². The van der Waals surface area contributed by atoms with Crippen LogP contribution in [0.5, 0.6) is 0 Å². The molecule has 448 valence electrons. The number of rotatable bonds is 22. The van der Waals surface area contributed by atoms with Crippen molar-refractivity contribution >= 4 is 52.3 Å². The molecular weight excluding hydrogens is 1040 g/mol. The molecule has 4 fully saturated rings. The van der Waals surface area contributed by atoms with Crippen molar-refractivity contribution in [2.45, 2.75) is 179 Å². The number of likely N-dealkylation sites (N-methyl/N-ethyl adjacent to an activating group) is 2. The molecule has 83 heavy (non-hydrogen) atoms. The predicted octanol–water partition coefficient (Wildman–Crippen LogP) is 9.19. The summed E-state index contributed by atoms with van der Waals surface area (Å²) < 4.78 is 5.56. The van der Waals surface area contributed by atoms with Gasteiger partial charge in [-0.05, 0) is 164 Å². The number of ether oxygens (including phenoxy) is 1. The van der Waals surface area contributed by atoms with Crippen LogP contribution in [0, 0.1) is 11.8 Å². The van der Waals surface area contributed by atoms with Gasteiger partial charge in [-0.25, -0.2) is 4.79 Å². The number of fused-ring (bicyclic) bond motifs is 1. The number of benzene rings is 4. The molecule has 0 radical (unpaired) electrons. The molecule has 6 atom stereocenters. The maximum Gasteiger partial charge on any atom is 0.410 e. The summed E-state index contributed by atoms with van der Waals surface area (Å²) in [5.74, 6) is -1.12. The number of hydrogen-bond acceptors (Lipinski definition) is 9. The molecule has 2 saturated heterocycles. The van der Waals surface area contributed by atoms with E-state index in [1.54, 1.807) is 41.7 Å². The van der Waals surface area contributed by atoms with Crippen molar-refractivity contribution in [1.82, 2.24) is 40.4 Å². The lowest BCUT2D eigenvalue weighted by Gasteiger charge is -2.37. The average Bonchev–Trinajstić information content (AvgIpc) is 4.43. The van der Waals surface area contributed by atoms with Crippen molar-refractivity contribution in [3.05, 3.63) is 119 Å². The lowest BCUT2D eigenvalue weighted by atomic mass is 9.83. The van der Waals surface area contributed by atoms with Crippen LogP contribution in [-0.4, -0.2) is 161 Å². The molecule has 4 aromatic rings. The first-order valence-electron chi connectivity index (χ1n) is 30.9. The Morgan fingerprint density at radius 2 is 0.988 bits per heavy atom. The monoisotopic (exact) mass is 1140 g/mol. The van der Waals surface area contributed by atoms with Crippen LogP contribution in [0.15, 0.2) is 97.1 Å². The molecule has 2 saturated carbocycles. The second-order valence-corrected chi connectivity index (χ2v) is 25.0. The second kappa shape index (κ2) is 29.1. The Kier molecular flexibility index (Phi) is 21.8. The lowest BCUT2D eigenvalue weighted by Crippen LogP contribution is -2.58. The van der Waals surface area contributed by atoms with Gasteiger partial charge in [0, 0.05) is 69.5 Å². The fraction of sp³-hybridized carbons (Fsp3) is 0.567. The Bertz CT molecular complexity index is 2850. The van der Waals surface area contributed by atoms with Gasteiger partial charge in [-0.15, -0.1) is 0 Å². The maximum absolute atomic E-state index is 15.0. The van der Waals surface area contributed by atoms with Gasteiger partial charge in [-0.3, -0.25) is 33.7 Å². The van der Waals surface area contributed by atoms with Crippen molar-refractivity contribution in [2.24, 2.45) is 11.8 Å². The first-order chi connectivity index (χ1) is 39.9. The summed E-state index contributed by atoms with van der Waals surface area (Å²) >= 11 is 0. The fourth-order valence-electron chi connectivity index (χ4n) is 12.8. The average molecular weight is 1140 g/mol. The van der Waals surface area contributed by atoms with Gasteiger partial charge in [-0.1, -0.05) is 111 Å². The Morgan fingerprint density at radius 1 is 0.566 bits per heavy atom. The highest BCUT2D eigenvalue weighted by molar-refractivity contribution is 6.02. The van der Waals surface area contributed by atoms with E-state index >= 15 is 4.79 Å². The molecule has 16 heteroatoms. The van der Waals surface area contributed by atoms with Crippen LogP contribution in [0.1, 0.15) is 156 Å². The third-order valence-corrected chi connectivity index (χ3v) is 18.0. The molecule has 3 N–H and O–H groups in total. The largest absolute Gasteiger partial charge is 0.444 e. The van der Waals surface area contributed by atoms with Crippen molar-refractivity contribution < 1.29 is 38.3 Å². The molecule has 16 nitrogen and oxygen atoms in total. The van der Waals surface area contributed by atoms with E-state index < -0.39 is 41.8 Å². The van der Waals surface area contributed by atoms with E-state index in [0.29, 0.717) is 69.7 Å². The minimum absolute atomic E-state index is 0.0585. The van der Waals surface area contributed by atoms with E-state index in [2.05, 4.69) is 40.2 Å². The van der Waals surface area contributed by atoms with E-state index in [1.807, 2.05) is 92.4 Å².